The predicted molar refractivity (Wildman–Crippen MR) is 96.4 cm³/mol. The van der Waals surface area contributed by atoms with Crippen molar-refractivity contribution >= 4 is 0 Å². The van der Waals surface area contributed by atoms with Gasteiger partial charge in [0.2, 0.25) is 13.6 Å². The van der Waals surface area contributed by atoms with E-state index in [0.29, 0.717) is 6.42 Å². The average molecular weight is 367 g/mol. The van der Waals surface area contributed by atoms with Crippen LogP contribution in [0.2, 0.25) is 0 Å². The van der Waals surface area contributed by atoms with Gasteiger partial charge in [-0.1, -0.05) is 6.07 Å². The lowest BCUT2D eigenvalue weighted by molar-refractivity contribution is -0.0984. The zero-order valence-corrected chi connectivity index (χ0v) is 15.4. The van der Waals surface area contributed by atoms with E-state index in [4.69, 9.17) is 18.9 Å². The van der Waals surface area contributed by atoms with Crippen LogP contribution in [0.25, 0.3) is 0 Å². The first kappa shape index (κ1) is 15.6. The molecular weight excluding hydrogens is 346 g/mol. The summed E-state index contributed by atoms with van der Waals surface area (Å²) >= 11 is 0. The van der Waals surface area contributed by atoms with Gasteiger partial charge in [-0.05, 0) is 55.3 Å². The third-order valence-corrected chi connectivity index (χ3v) is 6.82. The number of hydrogen-bond donors (Lipinski definition) is 1. The van der Waals surface area contributed by atoms with E-state index in [1.54, 1.807) is 0 Å². The molecular formula is C21H21NO5. The number of benzene rings is 2. The summed E-state index contributed by atoms with van der Waals surface area (Å²) in [5.74, 6) is 3.07. The Balaban J connectivity index is 1.61. The van der Waals surface area contributed by atoms with Crippen molar-refractivity contribution in [1.82, 2.24) is 4.90 Å². The van der Waals surface area contributed by atoms with Gasteiger partial charge in [-0.2, -0.15) is 0 Å². The van der Waals surface area contributed by atoms with Crippen molar-refractivity contribution in [2.24, 2.45) is 0 Å². The quantitative estimate of drug-likeness (QED) is 0.771. The van der Waals surface area contributed by atoms with Crippen LogP contribution < -0.4 is 18.9 Å². The molecule has 140 valence electrons. The number of hydrogen-bond acceptors (Lipinski definition) is 6. The van der Waals surface area contributed by atoms with Crippen LogP contribution in [0.3, 0.4) is 0 Å². The molecule has 27 heavy (non-hydrogen) atoms. The lowest BCUT2D eigenvalue weighted by Crippen LogP contribution is -2.58. The normalized spacial score (nSPS) is 29.9. The van der Waals surface area contributed by atoms with Gasteiger partial charge < -0.3 is 24.1 Å². The molecule has 6 nitrogen and oxygen atoms in total. The Morgan fingerprint density at radius 3 is 2.56 bits per heavy atom. The van der Waals surface area contributed by atoms with E-state index in [-0.39, 0.29) is 13.6 Å². The first-order valence-electron chi connectivity index (χ1n) is 9.31. The van der Waals surface area contributed by atoms with E-state index >= 15 is 0 Å². The zero-order valence-electron chi connectivity index (χ0n) is 15.4. The van der Waals surface area contributed by atoms with Crippen molar-refractivity contribution in [3.05, 3.63) is 46.5 Å². The van der Waals surface area contributed by atoms with E-state index < -0.39 is 11.1 Å². The van der Waals surface area contributed by atoms with Crippen molar-refractivity contribution in [1.29, 1.82) is 0 Å². The second-order valence-corrected chi connectivity index (χ2v) is 7.97. The highest BCUT2D eigenvalue weighted by Gasteiger charge is 2.60. The minimum absolute atomic E-state index is 0.228. The molecule has 0 aromatic heterocycles. The van der Waals surface area contributed by atoms with Crippen molar-refractivity contribution in [3.63, 3.8) is 0 Å². The van der Waals surface area contributed by atoms with Crippen molar-refractivity contribution in [3.8, 4) is 23.0 Å². The molecule has 4 aliphatic rings. The largest absolute Gasteiger partial charge is 0.454 e. The summed E-state index contributed by atoms with van der Waals surface area (Å²) in [6.07, 6.45) is 1.57. The summed E-state index contributed by atoms with van der Waals surface area (Å²) < 4.78 is 22.6. The second-order valence-electron chi connectivity index (χ2n) is 7.97. The molecule has 1 aliphatic carbocycles. The first-order valence-corrected chi connectivity index (χ1v) is 9.31. The van der Waals surface area contributed by atoms with Crippen molar-refractivity contribution in [2.45, 2.75) is 30.9 Å². The van der Waals surface area contributed by atoms with E-state index in [0.717, 1.165) is 52.7 Å². The maximum Gasteiger partial charge on any atom is 0.231 e. The lowest BCUT2D eigenvalue weighted by Gasteiger charge is -2.51. The van der Waals surface area contributed by atoms with Gasteiger partial charge in [0.15, 0.2) is 23.0 Å². The standard InChI is InChI=1S/C21H21NO5/c1-20(23)14-3-4-16-19(27-11-24-16)13(14)9-21(20)15-8-18-17(25-10-26-18)7-12(15)5-6-22(21)2/h3-4,7-8,23H,5-6,9-11H2,1-2H3/t20-,21?/m1/s1. The van der Waals surface area contributed by atoms with E-state index in [9.17, 15) is 5.11 Å². The highest BCUT2D eigenvalue weighted by Crippen LogP contribution is 2.59. The molecule has 0 fully saturated rings. The smallest absolute Gasteiger partial charge is 0.231 e. The molecule has 0 bridgehead atoms. The van der Waals surface area contributed by atoms with Gasteiger partial charge in [-0.15, -0.1) is 0 Å². The van der Waals surface area contributed by atoms with Crippen LogP contribution in [0.1, 0.15) is 29.2 Å². The summed E-state index contributed by atoms with van der Waals surface area (Å²) in [4.78, 5) is 2.28. The van der Waals surface area contributed by atoms with Crippen LogP contribution in [-0.4, -0.2) is 37.2 Å². The zero-order chi connectivity index (χ0) is 18.4. The van der Waals surface area contributed by atoms with Crippen LogP contribution in [0.15, 0.2) is 24.3 Å². The fraction of sp³-hybridized carbons (Fsp3) is 0.429. The van der Waals surface area contributed by atoms with Gasteiger partial charge in [-0.3, -0.25) is 4.90 Å². The fourth-order valence-corrected chi connectivity index (χ4v) is 5.44. The Hall–Kier alpha value is -2.44. The monoisotopic (exact) mass is 367 g/mol. The molecule has 1 spiro atoms. The molecule has 6 heteroatoms. The first-order chi connectivity index (χ1) is 13.0. The number of aliphatic hydroxyl groups is 1. The highest BCUT2D eigenvalue weighted by atomic mass is 16.7. The highest BCUT2D eigenvalue weighted by molar-refractivity contribution is 5.62. The Morgan fingerprint density at radius 2 is 1.70 bits per heavy atom. The average Bonchev–Trinajstić information content (AvgIpc) is 3.34. The summed E-state index contributed by atoms with van der Waals surface area (Å²) in [6, 6.07) is 8.02. The Morgan fingerprint density at radius 1 is 0.963 bits per heavy atom. The van der Waals surface area contributed by atoms with E-state index in [2.05, 4.69) is 24.1 Å². The Bertz CT molecular complexity index is 985. The van der Waals surface area contributed by atoms with Crippen molar-refractivity contribution in [2.75, 3.05) is 27.2 Å². The van der Waals surface area contributed by atoms with E-state index in [1.807, 2.05) is 19.1 Å². The number of likely N-dealkylation sites (N-methyl/N-ethyl adjacent to an activating group) is 1. The van der Waals surface area contributed by atoms with Gasteiger partial charge in [0.05, 0.1) is 5.54 Å². The molecule has 3 heterocycles. The fourth-order valence-electron chi connectivity index (χ4n) is 5.44. The number of ether oxygens (including phenoxy) is 4. The molecule has 0 radical (unpaired) electrons. The second kappa shape index (κ2) is 4.88. The summed E-state index contributed by atoms with van der Waals surface area (Å²) in [7, 11) is 2.09. The maximum atomic E-state index is 11.9. The summed E-state index contributed by atoms with van der Waals surface area (Å²) in [5.41, 5.74) is 2.58. The molecule has 2 atom stereocenters. The van der Waals surface area contributed by atoms with Gasteiger partial charge in [0.25, 0.3) is 0 Å². The Kier molecular flexibility index (Phi) is 2.82. The molecule has 1 N–H and O–H groups in total. The summed E-state index contributed by atoms with van der Waals surface area (Å²) in [5, 5.41) is 11.9. The topological polar surface area (TPSA) is 60.4 Å². The SMILES string of the molecule is CN1CCc2cc3c(cc2C12Cc1c(ccc4c1OCO4)[C@@]2(C)O)OCO3. The molecule has 0 saturated carbocycles. The molecule has 3 aliphatic heterocycles. The molecule has 2 aromatic carbocycles. The Labute approximate surface area is 157 Å². The van der Waals surface area contributed by atoms with Gasteiger partial charge in [0, 0.05) is 18.5 Å². The van der Waals surface area contributed by atoms with Crippen LogP contribution in [-0.2, 0) is 24.0 Å². The molecule has 0 amide bonds. The van der Waals surface area contributed by atoms with Crippen molar-refractivity contribution < 1.29 is 24.1 Å². The predicted octanol–water partition coefficient (Wildman–Crippen LogP) is 2.29. The van der Waals surface area contributed by atoms with Crippen LogP contribution in [0.5, 0.6) is 23.0 Å². The third kappa shape index (κ3) is 1.73. The molecule has 1 unspecified atom stereocenters. The third-order valence-electron chi connectivity index (χ3n) is 6.82. The molecule has 0 saturated heterocycles. The molecule has 6 rings (SSSR count). The molecule has 2 aromatic rings. The number of nitrogens with zero attached hydrogens (tertiary/aromatic N) is 1. The minimum Gasteiger partial charge on any atom is -0.454 e. The lowest BCUT2D eigenvalue weighted by atomic mass is 9.70. The minimum atomic E-state index is -1.08. The van der Waals surface area contributed by atoms with Crippen LogP contribution in [0, 0.1) is 0 Å². The maximum absolute atomic E-state index is 11.9. The summed E-state index contributed by atoms with van der Waals surface area (Å²) in [6.45, 7) is 3.25. The van der Waals surface area contributed by atoms with Crippen LogP contribution >= 0.6 is 0 Å². The van der Waals surface area contributed by atoms with Gasteiger partial charge >= 0.3 is 0 Å². The van der Waals surface area contributed by atoms with E-state index in [1.165, 1.54) is 5.56 Å². The van der Waals surface area contributed by atoms with Gasteiger partial charge in [0.1, 0.15) is 5.60 Å². The number of rotatable bonds is 0. The van der Waals surface area contributed by atoms with Crippen LogP contribution in [0.4, 0.5) is 0 Å². The van der Waals surface area contributed by atoms with Gasteiger partial charge in [-0.25, -0.2) is 0 Å². The number of fused-ring (bicyclic) bond motifs is 6.